The zero-order valence-electron chi connectivity index (χ0n) is 8.57. The Morgan fingerprint density at radius 3 is 3.13 bits per heavy atom. The molecule has 1 aliphatic heterocycles. The van der Waals surface area contributed by atoms with Crippen LogP contribution in [-0.4, -0.2) is 24.4 Å². The van der Waals surface area contributed by atoms with Crippen LogP contribution in [0.5, 0.6) is 0 Å². The molecule has 2 N–H and O–H groups in total. The zero-order valence-corrected chi connectivity index (χ0v) is 8.57. The van der Waals surface area contributed by atoms with Crippen LogP contribution < -0.4 is 10.2 Å². The highest BCUT2D eigenvalue weighted by Gasteiger charge is 2.22. The number of hydrogen-bond acceptors (Lipinski definition) is 4. The van der Waals surface area contributed by atoms with Crippen molar-refractivity contribution in [1.82, 2.24) is 0 Å². The number of anilines is 2. The van der Waals surface area contributed by atoms with Crippen molar-refractivity contribution in [2.24, 2.45) is 0 Å². The summed E-state index contributed by atoms with van der Waals surface area (Å²) in [6.45, 7) is 2.78. The smallest absolute Gasteiger partial charge is 0.0992 e. The predicted molar refractivity (Wildman–Crippen MR) is 58.7 cm³/mol. The Morgan fingerprint density at radius 2 is 2.47 bits per heavy atom. The first-order chi connectivity index (χ1) is 7.26. The molecule has 1 atom stereocenters. The van der Waals surface area contributed by atoms with Crippen molar-refractivity contribution in [3.8, 4) is 6.07 Å². The predicted octanol–water partition coefficient (Wildman–Crippen LogP) is 1.13. The van der Waals surface area contributed by atoms with Gasteiger partial charge in [-0.2, -0.15) is 5.26 Å². The second-order valence-corrected chi connectivity index (χ2v) is 3.68. The van der Waals surface area contributed by atoms with Crippen LogP contribution in [0.3, 0.4) is 0 Å². The van der Waals surface area contributed by atoms with Crippen LogP contribution in [-0.2, 0) is 0 Å². The van der Waals surface area contributed by atoms with E-state index in [2.05, 4.69) is 16.3 Å². The average Bonchev–Trinajstić information content (AvgIpc) is 2.70. The number of fused-ring (bicyclic) bond motifs is 1. The van der Waals surface area contributed by atoms with Crippen LogP contribution in [0.2, 0.25) is 0 Å². The lowest BCUT2D eigenvalue weighted by atomic mass is 10.1. The summed E-state index contributed by atoms with van der Waals surface area (Å²) in [5, 5.41) is 21.1. The Kier molecular flexibility index (Phi) is 2.48. The van der Waals surface area contributed by atoms with Crippen molar-refractivity contribution in [3.05, 3.63) is 23.8 Å². The van der Waals surface area contributed by atoms with Crippen molar-refractivity contribution in [3.63, 3.8) is 0 Å². The van der Waals surface area contributed by atoms with Gasteiger partial charge in [-0.1, -0.05) is 0 Å². The molecule has 0 amide bonds. The highest BCUT2D eigenvalue weighted by molar-refractivity contribution is 5.76. The molecule has 0 unspecified atom stereocenters. The van der Waals surface area contributed by atoms with Crippen molar-refractivity contribution < 1.29 is 5.11 Å². The second-order valence-electron chi connectivity index (χ2n) is 3.68. The molecular formula is C11H13N3O. The van der Waals surface area contributed by atoms with E-state index in [0.29, 0.717) is 12.2 Å². The van der Waals surface area contributed by atoms with Crippen molar-refractivity contribution in [2.45, 2.75) is 13.0 Å². The lowest BCUT2D eigenvalue weighted by Crippen LogP contribution is -2.35. The number of nitrogens with zero attached hydrogens (tertiary/aromatic N) is 2. The first-order valence-corrected chi connectivity index (χ1v) is 4.92. The van der Waals surface area contributed by atoms with Crippen LogP contribution in [0.15, 0.2) is 18.2 Å². The molecule has 78 valence electrons. The summed E-state index contributed by atoms with van der Waals surface area (Å²) in [5.41, 5.74) is 2.67. The van der Waals surface area contributed by atoms with Gasteiger partial charge in [-0.3, -0.25) is 0 Å². The molecule has 1 aromatic rings. The summed E-state index contributed by atoms with van der Waals surface area (Å²) in [6, 6.07) is 7.74. The molecule has 0 aliphatic carbocycles. The van der Waals surface area contributed by atoms with E-state index in [1.807, 2.05) is 19.1 Å². The van der Waals surface area contributed by atoms with E-state index in [1.54, 1.807) is 6.07 Å². The van der Waals surface area contributed by atoms with E-state index in [0.717, 1.165) is 11.4 Å². The fourth-order valence-electron chi connectivity index (χ4n) is 1.74. The van der Waals surface area contributed by atoms with Gasteiger partial charge >= 0.3 is 0 Å². The Hall–Kier alpha value is -1.73. The van der Waals surface area contributed by atoms with Gasteiger partial charge in [0.15, 0.2) is 0 Å². The van der Waals surface area contributed by atoms with Crippen LogP contribution in [0, 0.1) is 11.3 Å². The number of aliphatic hydroxyl groups excluding tert-OH is 1. The van der Waals surface area contributed by atoms with E-state index >= 15 is 0 Å². The minimum atomic E-state index is 0.0895. The molecule has 0 spiro atoms. The van der Waals surface area contributed by atoms with Crippen LogP contribution >= 0.6 is 0 Å². The van der Waals surface area contributed by atoms with Gasteiger partial charge in [-0.15, -0.1) is 0 Å². The Bertz CT molecular complexity index is 411. The fourth-order valence-corrected chi connectivity index (χ4v) is 1.74. The van der Waals surface area contributed by atoms with E-state index in [4.69, 9.17) is 10.4 Å². The monoisotopic (exact) mass is 203 g/mol. The summed E-state index contributed by atoms with van der Waals surface area (Å²) in [7, 11) is 0. The molecule has 0 radical (unpaired) electrons. The number of hydrogen-bond donors (Lipinski definition) is 2. The number of rotatable bonds is 2. The molecule has 4 heteroatoms. The van der Waals surface area contributed by atoms with E-state index in [1.165, 1.54) is 0 Å². The normalized spacial score (nSPS) is 15.4. The lowest BCUT2D eigenvalue weighted by molar-refractivity contribution is 0.269. The average molecular weight is 203 g/mol. The van der Waals surface area contributed by atoms with Gasteiger partial charge in [0.1, 0.15) is 0 Å². The van der Waals surface area contributed by atoms with E-state index in [9.17, 15) is 0 Å². The minimum absolute atomic E-state index is 0.0895. The summed E-state index contributed by atoms with van der Waals surface area (Å²) >= 11 is 0. The summed E-state index contributed by atoms with van der Waals surface area (Å²) in [4.78, 5) is 2.08. The van der Waals surface area contributed by atoms with E-state index < -0.39 is 0 Å². The SMILES string of the molecule is C[C@@H](CO)N1CNc2cc(C#N)ccc21. The van der Waals surface area contributed by atoms with E-state index in [-0.39, 0.29) is 12.6 Å². The largest absolute Gasteiger partial charge is 0.394 e. The molecular weight excluding hydrogens is 190 g/mol. The number of benzene rings is 1. The van der Waals surface area contributed by atoms with Gasteiger partial charge in [0.2, 0.25) is 0 Å². The van der Waals surface area contributed by atoms with Crippen molar-refractivity contribution >= 4 is 11.4 Å². The van der Waals surface area contributed by atoms with Gasteiger partial charge in [0.05, 0.1) is 42.3 Å². The molecule has 4 nitrogen and oxygen atoms in total. The lowest BCUT2D eigenvalue weighted by Gasteiger charge is -2.24. The molecule has 0 bridgehead atoms. The Labute approximate surface area is 88.7 Å². The van der Waals surface area contributed by atoms with Crippen LogP contribution in [0.1, 0.15) is 12.5 Å². The summed E-state index contributed by atoms with van der Waals surface area (Å²) in [5.74, 6) is 0. The minimum Gasteiger partial charge on any atom is -0.394 e. The van der Waals surface area contributed by atoms with Crippen LogP contribution in [0.4, 0.5) is 11.4 Å². The third-order valence-electron chi connectivity index (χ3n) is 2.67. The van der Waals surface area contributed by atoms with Gasteiger partial charge in [0, 0.05) is 0 Å². The quantitative estimate of drug-likeness (QED) is 0.756. The topological polar surface area (TPSA) is 59.3 Å². The van der Waals surface area contributed by atoms with Crippen molar-refractivity contribution in [2.75, 3.05) is 23.5 Å². The molecule has 0 saturated heterocycles. The maximum Gasteiger partial charge on any atom is 0.0992 e. The highest BCUT2D eigenvalue weighted by atomic mass is 16.3. The van der Waals surface area contributed by atoms with Crippen molar-refractivity contribution in [1.29, 1.82) is 5.26 Å². The third-order valence-corrected chi connectivity index (χ3v) is 2.67. The maximum absolute atomic E-state index is 9.10. The number of nitrogens with one attached hydrogen (secondary N) is 1. The summed E-state index contributed by atoms with van der Waals surface area (Å²) in [6.07, 6.45) is 0. The molecule has 1 aliphatic rings. The standard InChI is InChI=1S/C11H13N3O/c1-8(6-15)14-7-13-10-4-9(5-12)2-3-11(10)14/h2-4,8,13,15H,6-7H2,1H3/t8-/m0/s1. The second kappa shape index (κ2) is 3.79. The number of nitriles is 1. The third kappa shape index (κ3) is 1.62. The van der Waals surface area contributed by atoms with Gasteiger partial charge in [-0.05, 0) is 25.1 Å². The molecule has 0 fully saturated rings. The maximum atomic E-state index is 9.10. The molecule has 2 rings (SSSR count). The molecule has 15 heavy (non-hydrogen) atoms. The first-order valence-electron chi connectivity index (χ1n) is 4.92. The van der Waals surface area contributed by atoms with Crippen LogP contribution in [0.25, 0.3) is 0 Å². The zero-order chi connectivity index (χ0) is 10.8. The number of aliphatic hydroxyl groups is 1. The Balaban J connectivity index is 2.33. The molecule has 0 aromatic heterocycles. The molecule has 1 heterocycles. The fraction of sp³-hybridized carbons (Fsp3) is 0.364. The molecule has 1 aromatic carbocycles. The summed E-state index contributed by atoms with van der Waals surface area (Å²) < 4.78 is 0. The highest BCUT2D eigenvalue weighted by Crippen LogP contribution is 2.33. The van der Waals surface area contributed by atoms with Gasteiger partial charge in [-0.25, -0.2) is 0 Å². The first kappa shape index (κ1) is 9.81. The Morgan fingerprint density at radius 1 is 1.67 bits per heavy atom. The molecule has 0 saturated carbocycles. The van der Waals surface area contributed by atoms with Gasteiger partial charge < -0.3 is 15.3 Å². The van der Waals surface area contributed by atoms with Gasteiger partial charge in [0.25, 0.3) is 0 Å².